The van der Waals surface area contributed by atoms with E-state index in [1.807, 2.05) is 0 Å². The van der Waals surface area contributed by atoms with E-state index in [-0.39, 0.29) is 47.3 Å². The number of rotatable bonds is 5. The van der Waals surface area contributed by atoms with Crippen molar-refractivity contribution in [3.05, 3.63) is 0 Å². The maximum Gasteiger partial charge on any atom is 0.225 e. The minimum Gasteiger partial charge on any atom is -0.376 e. The van der Waals surface area contributed by atoms with E-state index in [0.717, 1.165) is 19.4 Å². The first-order valence-corrected chi connectivity index (χ1v) is 11.5. The van der Waals surface area contributed by atoms with Crippen LogP contribution in [0.2, 0.25) is 0 Å². The Morgan fingerprint density at radius 1 is 1.08 bits per heavy atom. The minimum absolute atomic E-state index is 0.0300. The highest BCUT2D eigenvalue weighted by atomic mass is 32.2. The number of carbonyl (C=O) groups is 2. The average molecular weight is 387 g/mol. The fourth-order valence-corrected chi connectivity index (χ4v) is 6.09. The third-order valence-corrected chi connectivity index (χ3v) is 7.83. The molecule has 0 aromatic heterocycles. The maximum absolute atomic E-state index is 12.7. The van der Waals surface area contributed by atoms with Crippen molar-refractivity contribution in [1.29, 1.82) is 0 Å². The van der Waals surface area contributed by atoms with Crippen molar-refractivity contribution >= 4 is 21.7 Å². The van der Waals surface area contributed by atoms with Crippen LogP contribution in [-0.2, 0) is 24.2 Å². The Morgan fingerprint density at radius 2 is 1.77 bits per heavy atom. The van der Waals surface area contributed by atoms with Gasteiger partial charge < -0.3 is 15.0 Å². The molecule has 3 aliphatic rings. The highest BCUT2D eigenvalue weighted by Crippen LogP contribution is 2.31. The second-order valence-electron chi connectivity index (χ2n) is 7.93. The number of ether oxygens (including phenoxy) is 1. The van der Waals surface area contributed by atoms with Crippen LogP contribution >= 0.6 is 0 Å². The monoisotopic (exact) mass is 386 g/mol. The van der Waals surface area contributed by atoms with Crippen LogP contribution in [0.15, 0.2) is 0 Å². The third kappa shape index (κ3) is 4.76. The Bertz CT molecular complexity index is 621. The van der Waals surface area contributed by atoms with Gasteiger partial charge in [0.25, 0.3) is 0 Å². The van der Waals surface area contributed by atoms with Gasteiger partial charge in [0, 0.05) is 38.1 Å². The lowest BCUT2D eigenvalue weighted by Gasteiger charge is -2.32. The summed E-state index contributed by atoms with van der Waals surface area (Å²) in [4.78, 5) is 26.6. The number of sulfone groups is 1. The fourth-order valence-electron chi connectivity index (χ4n) is 4.32. The normalized spacial score (nSPS) is 33.7. The summed E-state index contributed by atoms with van der Waals surface area (Å²) in [5, 5.41) is 2.99. The molecule has 148 valence electrons. The van der Waals surface area contributed by atoms with Gasteiger partial charge in [-0.25, -0.2) is 8.42 Å². The van der Waals surface area contributed by atoms with Crippen LogP contribution in [0.1, 0.15) is 44.9 Å². The fraction of sp³-hybridized carbons (Fsp3) is 0.889. The summed E-state index contributed by atoms with van der Waals surface area (Å²) >= 11 is 0. The van der Waals surface area contributed by atoms with Gasteiger partial charge in [0.15, 0.2) is 9.84 Å². The second-order valence-corrected chi connectivity index (χ2v) is 10.2. The highest BCUT2D eigenvalue weighted by Gasteiger charge is 2.37. The molecule has 3 fully saturated rings. The zero-order valence-corrected chi connectivity index (χ0v) is 16.3. The van der Waals surface area contributed by atoms with Crippen LogP contribution in [0.3, 0.4) is 0 Å². The SMILES string of the molecule is CN(C(=O)C1CCC(C(=O)NCC2CCCO2)CC1)C1CCS(=O)(=O)C1. The standard InChI is InChI=1S/C18H30N2O5S/c1-20(15-8-10-26(23,24)12-15)18(22)14-6-4-13(5-7-14)17(21)19-11-16-3-2-9-25-16/h13-16H,2-12H2,1H3,(H,19,21). The van der Waals surface area contributed by atoms with Crippen LogP contribution in [0.5, 0.6) is 0 Å². The molecule has 0 bridgehead atoms. The van der Waals surface area contributed by atoms with Crippen molar-refractivity contribution in [2.45, 2.75) is 57.1 Å². The number of hydrogen-bond acceptors (Lipinski definition) is 5. The number of amides is 2. The molecule has 0 radical (unpaired) electrons. The molecule has 3 rings (SSSR count). The van der Waals surface area contributed by atoms with Crippen LogP contribution < -0.4 is 5.32 Å². The molecule has 2 amide bonds. The molecular formula is C18H30N2O5S. The lowest BCUT2D eigenvalue weighted by molar-refractivity contribution is -0.138. The first-order valence-electron chi connectivity index (χ1n) is 9.72. The van der Waals surface area contributed by atoms with E-state index < -0.39 is 9.84 Å². The van der Waals surface area contributed by atoms with Crippen molar-refractivity contribution in [2.24, 2.45) is 11.8 Å². The largest absolute Gasteiger partial charge is 0.376 e. The summed E-state index contributed by atoms with van der Waals surface area (Å²) in [6.45, 7) is 1.36. The van der Waals surface area contributed by atoms with E-state index in [1.54, 1.807) is 11.9 Å². The van der Waals surface area contributed by atoms with Crippen LogP contribution in [0, 0.1) is 11.8 Å². The van der Waals surface area contributed by atoms with Crippen LogP contribution in [0.4, 0.5) is 0 Å². The molecule has 26 heavy (non-hydrogen) atoms. The maximum atomic E-state index is 12.7. The smallest absolute Gasteiger partial charge is 0.225 e. The van der Waals surface area contributed by atoms with Crippen molar-refractivity contribution < 1.29 is 22.7 Å². The summed E-state index contributed by atoms with van der Waals surface area (Å²) in [5.74, 6) is 0.235. The highest BCUT2D eigenvalue weighted by molar-refractivity contribution is 7.91. The topological polar surface area (TPSA) is 92.8 Å². The van der Waals surface area contributed by atoms with E-state index in [4.69, 9.17) is 4.74 Å². The summed E-state index contributed by atoms with van der Waals surface area (Å²) in [7, 11) is -1.28. The quantitative estimate of drug-likeness (QED) is 0.752. The van der Waals surface area contributed by atoms with Crippen LogP contribution in [0.25, 0.3) is 0 Å². The number of nitrogens with zero attached hydrogens (tertiary/aromatic N) is 1. The van der Waals surface area contributed by atoms with Gasteiger partial charge >= 0.3 is 0 Å². The molecule has 0 aromatic carbocycles. The van der Waals surface area contributed by atoms with Gasteiger partial charge in [-0.05, 0) is 44.9 Å². The Labute approximate surface area is 155 Å². The number of carbonyl (C=O) groups excluding carboxylic acids is 2. The molecule has 2 heterocycles. The molecule has 2 atom stereocenters. The van der Waals surface area contributed by atoms with Gasteiger partial charge in [-0.1, -0.05) is 0 Å². The predicted octanol–water partition coefficient (Wildman–Crippen LogP) is 0.734. The Hall–Kier alpha value is -1.15. The van der Waals surface area contributed by atoms with Crippen molar-refractivity contribution in [1.82, 2.24) is 10.2 Å². The average Bonchev–Trinajstić information content (AvgIpc) is 3.27. The van der Waals surface area contributed by atoms with Crippen LogP contribution in [-0.4, -0.2) is 69.0 Å². The number of hydrogen-bond donors (Lipinski definition) is 1. The van der Waals surface area contributed by atoms with Gasteiger partial charge in [-0.2, -0.15) is 0 Å². The predicted molar refractivity (Wildman–Crippen MR) is 97.3 cm³/mol. The summed E-state index contributed by atoms with van der Waals surface area (Å²) < 4.78 is 28.8. The van der Waals surface area contributed by atoms with Gasteiger partial charge in [-0.15, -0.1) is 0 Å². The van der Waals surface area contributed by atoms with Crippen molar-refractivity contribution in [3.63, 3.8) is 0 Å². The summed E-state index contributed by atoms with van der Waals surface area (Å²) in [6, 6.07) is -0.195. The van der Waals surface area contributed by atoms with Crippen molar-refractivity contribution in [3.8, 4) is 0 Å². The van der Waals surface area contributed by atoms with E-state index in [9.17, 15) is 18.0 Å². The number of nitrogens with one attached hydrogen (secondary N) is 1. The second kappa shape index (κ2) is 8.25. The van der Waals surface area contributed by atoms with E-state index >= 15 is 0 Å². The minimum atomic E-state index is -3.00. The molecule has 1 N–H and O–H groups in total. The molecule has 2 unspecified atom stereocenters. The van der Waals surface area contributed by atoms with Gasteiger partial charge in [-0.3, -0.25) is 9.59 Å². The molecule has 2 saturated heterocycles. The van der Waals surface area contributed by atoms with Gasteiger partial charge in [0.1, 0.15) is 0 Å². The zero-order valence-electron chi connectivity index (χ0n) is 15.5. The summed E-state index contributed by atoms with van der Waals surface area (Å²) in [6.07, 6.45) is 5.56. The molecule has 7 nitrogen and oxygen atoms in total. The van der Waals surface area contributed by atoms with E-state index in [0.29, 0.717) is 38.6 Å². The molecule has 0 aromatic rings. The Morgan fingerprint density at radius 3 is 2.35 bits per heavy atom. The van der Waals surface area contributed by atoms with Crippen molar-refractivity contribution in [2.75, 3.05) is 31.7 Å². The molecule has 8 heteroatoms. The first kappa shape index (κ1) is 19.6. The molecule has 1 aliphatic carbocycles. The third-order valence-electron chi connectivity index (χ3n) is 6.08. The van der Waals surface area contributed by atoms with Gasteiger partial charge in [0.2, 0.25) is 11.8 Å². The molecular weight excluding hydrogens is 356 g/mol. The lowest BCUT2D eigenvalue weighted by Crippen LogP contribution is -2.43. The lowest BCUT2D eigenvalue weighted by atomic mass is 9.80. The molecule has 1 saturated carbocycles. The first-order chi connectivity index (χ1) is 12.4. The van der Waals surface area contributed by atoms with E-state index in [2.05, 4.69) is 5.32 Å². The molecule has 0 spiro atoms. The Balaban J connectivity index is 1.42. The zero-order chi connectivity index (χ0) is 18.7. The van der Waals surface area contributed by atoms with Gasteiger partial charge in [0.05, 0.1) is 17.6 Å². The summed E-state index contributed by atoms with van der Waals surface area (Å²) in [5.41, 5.74) is 0. The Kier molecular flexibility index (Phi) is 6.22. The molecule has 2 aliphatic heterocycles. The van der Waals surface area contributed by atoms with E-state index in [1.165, 1.54) is 0 Å².